The van der Waals surface area contributed by atoms with Crippen molar-refractivity contribution in [3.05, 3.63) is 56.4 Å². The zero-order chi connectivity index (χ0) is 24.9. The van der Waals surface area contributed by atoms with Gasteiger partial charge in [0.15, 0.2) is 0 Å². The van der Waals surface area contributed by atoms with Gasteiger partial charge in [-0.05, 0) is 38.0 Å². The molecule has 3 aromatic rings. The van der Waals surface area contributed by atoms with Gasteiger partial charge < -0.3 is 14.8 Å². The van der Waals surface area contributed by atoms with Crippen molar-refractivity contribution >= 4 is 39.1 Å². The molecule has 3 heterocycles. The van der Waals surface area contributed by atoms with Crippen molar-refractivity contribution < 1.29 is 19.1 Å². The number of amides is 1. The van der Waals surface area contributed by atoms with E-state index in [0.717, 1.165) is 30.0 Å². The van der Waals surface area contributed by atoms with Crippen LogP contribution in [0.15, 0.2) is 29.1 Å². The van der Waals surface area contributed by atoms with Crippen LogP contribution in [0, 0.1) is 6.92 Å². The SMILES string of the molecule is CCOC(=O)c1c(NC(=O)Cn2c(CN3CCOCC3)nc3ccccc3c2=O)sc(CC)c1C. The number of nitrogens with zero attached hydrogens (tertiary/aromatic N) is 3. The molecule has 1 fully saturated rings. The fourth-order valence-electron chi connectivity index (χ4n) is 4.20. The van der Waals surface area contributed by atoms with Crippen molar-refractivity contribution in [2.24, 2.45) is 0 Å². The Balaban J connectivity index is 1.66. The van der Waals surface area contributed by atoms with Gasteiger partial charge in [-0.3, -0.25) is 19.1 Å². The van der Waals surface area contributed by atoms with Gasteiger partial charge in [-0.2, -0.15) is 0 Å². The van der Waals surface area contributed by atoms with Gasteiger partial charge in [0, 0.05) is 18.0 Å². The third kappa shape index (κ3) is 5.44. The number of nitrogens with one attached hydrogen (secondary N) is 1. The molecule has 1 saturated heterocycles. The number of aromatic nitrogens is 2. The number of hydrogen-bond donors (Lipinski definition) is 1. The summed E-state index contributed by atoms with van der Waals surface area (Å²) in [4.78, 5) is 47.0. The minimum atomic E-state index is -0.464. The van der Waals surface area contributed by atoms with Crippen LogP contribution in [0.5, 0.6) is 0 Å². The molecule has 1 N–H and O–H groups in total. The Morgan fingerprint density at radius 3 is 2.66 bits per heavy atom. The number of hydrogen-bond acceptors (Lipinski definition) is 8. The van der Waals surface area contributed by atoms with Gasteiger partial charge in [-0.1, -0.05) is 19.1 Å². The lowest BCUT2D eigenvalue weighted by atomic mass is 10.1. The largest absolute Gasteiger partial charge is 0.462 e. The second-order valence-corrected chi connectivity index (χ2v) is 9.41. The van der Waals surface area contributed by atoms with Crippen LogP contribution in [-0.2, 0) is 33.8 Å². The molecule has 1 aromatic carbocycles. The predicted molar refractivity (Wildman–Crippen MR) is 135 cm³/mol. The van der Waals surface area contributed by atoms with E-state index in [4.69, 9.17) is 14.5 Å². The first-order chi connectivity index (χ1) is 16.9. The maximum Gasteiger partial charge on any atom is 0.341 e. The highest BCUT2D eigenvalue weighted by molar-refractivity contribution is 7.17. The van der Waals surface area contributed by atoms with Gasteiger partial charge in [0.05, 0.1) is 42.8 Å². The number of thiophene rings is 1. The maximum atomic E-state index is 13.4. The van der Waals surface area contributed by atoms with E-state index in [1.807, 2.05) is 19.9 Å². The number of para-hydroxylation sites is 1. The fraction of sp³-hybridized carbons (Fsp3) is 0.440. The zero-order valence-corrected chi connectivity index (χ0v) is 21.1. The third-order valence-corrected chi connectivity index (χ3v) is 7.36. The number of aryl methyl sites for hydroxylation is 1. The zero-order valence-electron chi connectivity index (χ0n) is 20.3. The first-order valence-corrected chi connectivity index (χ1v) is 12.6. The molecule has 186 valence electrons. The highest BCUT2D eigenvalue weighted by Crippen LogP contribution is 2.34. The van der Waals surface area contributed by atoms with Gasteiger partial charge in [0.25, 0.3) is 5.56 Å². The number of esters is 1. The number of rotatable bonds is 8. The summed E-state index contributed by atoms with van der Waals surface area (Å²) >= 11 is 1.36. The van der Waals surface area contributed by atoms with Crippen LogP contribution in [0.25, 0.3) is 10.9 Å². The normalized spacial score (nSPS) is 14.3. The van der Waals surface area contributed by atoms with Gasteiger partial charge in [0.1, 0.15) is 17.4 Å². The molecular formula is C25H30N4O5S. The topological polar surface area (TPSA) is 103 Å². The molecule has 0 atom stereocenters. The summed E-state index contributed by atoms with van der Waals surface area (Å²) in [5.74, 6) is -0.344. The first-order valence-electron chi connectivity index (χ1n) is 11.8. The van der Waals surface area contributed by atoms with Crippen LogP contribution in [0.3, 0.4) is 0 Å². The molecule has 1 aliphatic heterocycles. The summed E-state index contributed by atoms with van der Waals surface area (Å²) in [6.07, 6.45) is 0.733. The Kier molecular flexibility index (Phi) is 7.94. The number of morpholine rings is 1. The van der Waals surface area contributed by atoms with Crippen LogP contribution >= 0.6 is 11.3 Å². The van der Waals surface area contributed by atoms with E-state index in [9.17, 15) is 14.4 Å². The minimum absolute atomic E-state index is 0.211. The Morgan fingerprint density at radius 2 is 1.94 bits per heavy atom. The highest BCUT2D eigenvalue weighted by atomic mass is 32.1. The summed E-state index contributed by atoms with van der Waals surface area (Å²) in [5.41, 5.74) is 1.52. The summed E-state index contributed by atoms with van der Waals surface area (Å²) in [5, 5.41) is 3.76. The summed E-state index contributed by atoms with van der Waals surface area (Å²) in [7, 11) is 0. The number of fused-ring (bicyclic) bond motifs is 1. The van der Waals surface area contributed by atoms with Crippen molar-refractivity contribution in [2.45, 2.75) is 40.3 Å². The van der Waals surface area contributed by atoms with Gasteiger partial charge in [-0.25, -0.2) is 9.78 Å². The summed E-state index contributed by atoms with van der Waals surface area (Å²) in [6, 6.07) is 7.14. The Bertz CT molecular complexity index is 1290. The molecule has 1 aliphatic rings. The molecular weight excluding hydrogens is 468 g/mol. The number of benzene rings is 1. The molecule has 1 amide bonds. The Morgan fingerprint density at radius 1 is 1.20 bits per heavy atom. The second-order valence-electron chi connectivity index (χ2n) is 8.30. The van der Waals surface area contributed by atoms with Crippen molar-refractivity contribution in [2.75, 3.05) is 38.2 Å². The van der Waals surface area contributed by atoms with E-state index in [2.05, 4.69) is 10.2 Å². The van der Waals surface area contributed by atoms with Crippen LogP contribution < -0.4 is 10.9 Å². The molecule has 0 saturated carbocycles. The predicted octanol–water partition coefficient (Wildman–Crippen LogP) is 2.98. The number of carbonyl (C=O) groups excluding carboxylic acids is 2. The molecule has 0 bridgehead atoms. The molecule has 10 heteroatoms. The first kappa shape index (κ1) is 25.0. The van der Waals surface area contributed by atoms with Crippen molar-refractivity contribution in [1.82, 2.24) is 14.5 Å². The van der Waals surface area contributed by atoms with Crippen molar-refractivity contribution in [3.8, 4) is 0 Å². The minimum Gasteiger partial charge on any atom is -0.462 e. The lowest BCUT2D eigenvalue weighted by Crippen LogP contribution is -2.39. The van der Waals surface area contributed by atoms with Gasteiger partial charge >= 0.3 is 5.97 Å². The average molecular weight is 499 g/mol. The molecule has 4 rings (SSSR count). The van der Waals surface area contributed by atoms with E-state index >= 15 is 0 Å². The van der Waals surface area contributed by atoms with E-state index in [1.54, 1.807) is 25.1 Å². The summed E-state index contributed by atoms with van der Waals surface area (Å²) < 4.78 is 12.1. The molecule has 0 unspecified atom stereocenters. The lowest BCUT2D eigenvalue weighted by molar-refractivity contribution is -0.116. The standard InChI is InChI=1S/C25H30N4O5S/c1-4-19-16(3)22(25(32)34-5-2)23(35-19)27-21(30)15-29-20(14-28-10-12-33-13-11-28)26-18-9-7-6-8-17(18)24(29)31/h6-9H,4-5,10-15H2,1-3H3,(H,27,30). The van der Waals surface area contributed by atoms with Crippen LogP contribution in [0.4, 0.5) is 5.00 Å². The van der Waals surface area contributed by atoms with Crippen LogP contribution in [-0.4, -0.2) is 59.2 Å². The number of anilines is 1. The molecule has 35 heavy (non-hydrogen) atoms. The summed E-state index contributed by atoms with van der Waals surface area (Å²) in [6.45, 7) is 8.75. The van der Waals surface area contributed by atoms with E-state index in [1.165, 1.54) is 15.9 Å². The second kappa shape index (κ2) is 11.1. The monoisotopic (exact) mass is 498 g/mol. The quantitative estimate of drug-likeness (QED) is 0.476. The number of carbonyl (C=O) groups is 2. The molecule has 0 radical (unpaired) electrons. The smallest absolute Gasteiger partial charge is 0.341 e. The Hall–Kier alpha value is -3.08. The van der Waals surface area contributed by atoms with Gasteiger partial charge in [0.2, 0.25) is 5.91 Å². The highest BCUT2D eigenvalue weighted by Gasteiger charge is 2.24. The molecule has 9 nitrogen and oxygen atoms in total. The van der Waals surface area contributed by atoms with E-state index < -0.39 is 11.9 Å². The average Bonchev–Trinajstić information content (AvgIpc) is 3.17. The molecule has 2 aromatic heterocycles. The van der Waals surface area contributed by atoms with E-state index in [-0.39, 0.29) is 18.7 Å². The lowest BCUT2D eigenvalue weighted by Gasteiger charge is -2.27. The molecule has 0 aliphatic carbocycles. The van der Waals surface area contributed by atoms with Crippen LogP contribution in [0.2, 0.25) is 0 Å². The van der Waals surface area contributed by atoms with Crippen molar-refractivity contribution in [3.63, 3.8) is 0 Å². The fourth-order valence-corrected chi connectivity index (χ4v) is 5.35. The van der Waals surface area contributed by atoms with Gasteiger partial charge in [-0.15, -0.1) is 11.3 Å². The maximum absolute atomic E-state index is 13.4. The van der Waals surface area contributed by atoms with Crippen molar-refractivity contribution in [1.29, 1.82) is 0 Å². The van der Waals surface area contributed by atoms with Crippen LogP contribution in [0.1, 0.15) is 40.5 Å². The number of ether oxygens (including phenoxy) is 2. The third-order valence-electron chi connectivity index (χ3n) is 6.01. The Labute approximate surface area is 207 Å². The molecule has 0 spiro atoms. The van der Waals surface area contributed by atoms with E-state index in [0.29, 0.717) is 47.1 Å².